The number of rotatable bonds is 5. The Bertz CT molecular complexity index is 1620. The quantitative estimate of drug-likeness (QED) is 0.347. The molecule has 5 aromatic rings. The number of hydrogen-bond donors (Lipinski definition) is 0. The molecular formula is C23H18Cl2N6O2. The smallest absolute Gasteiger partial charge is 0.265 e. The average Bonchev–Trinajstić information content (AvgIpc) is 3.10. The fraction of sp³-hybridized carbons (Fsp3) is 0.174. The molecule has 3 aromatic heterocycles. The normalized spacial score (nSPS) is 12.0. The maximum Gasteiger partial charge on any atom is 0.265 e. The lowest BCUT2D eigenvalue weighted by Crippen LogP contribution is -2.25. The number of benzene rings is 2. The largest absolute Gasteiger partial charge is 0.383 e. The number of fused-ring (bicyclic) bond motifs is 4. The number of ether oxygens (including phenoxy) is 1. The van der Waals surface area contributed by atoms with E-state index in [2.05, 4.69) is 5.10 Å². The molecule has 0 fully saturated rings. The van der Waals surface area contributed by atoms with E-state index in [9.17, 15) is 4.79 Å². The van der Waals surface area contributed by atoms with Crippen molar-refractivity contribution in [3.8, 4) is 0 Å². The molecule has 0 aliphatic carbocycles. The van der Waals surface area contributed by atoms with Crippen LogP contribution in [0.1, 0.15) is 11.4 Å². The van der Waals surface area contributed by atoms with E-state index < -0.39 is 0 Å². The number of para-hydroxylation sites is 2. The lowest BCUT2D eigenvalue weighted by molar-refractivity contribution is 0.185. The molecule has 8 nitrogen and oxygen atoms in total. The van der Waals surface area contributed by atoms with Gasteiger partial charge < -0.3 is 4.74 Å². The second-order valence-corrected chi connectivity index (χ2v) is 8.24. The van der Waals surface area contributed by atoms with Gasteiger partial charge in [0.25, 0.3) is 5.56 Å². The first-order valence-electron chi connectivity index (χ1n) is 10.1. The van der Waals surface area contributed by atoms with E-state index in [0.717, 1.165) is 5.56 Å². The summed E-state index contributed by atoms with van der Waals surface area (Å²) in [6.45, 7) is 2.54. The third-order valence-corrected chi connectivity index (χ3v) is 6.06. The summed E-state index contributed by atoms with van der Waals surface area (Å²) >= 11 is 12.2. The average molecular weight is 481 g/mol. The zero-order chi connectivity index (χ0) is 23.1. The van der Waals surface area contributed by atoms with Crippen molar-refractivity contribution in [2.75, 3.05) is 13.7 Å². The van der Waals surface area contributed by atoms with Gasteiger partial charge >= 0.3 is 0 Å². The molecule has 0 spiro atoms. The van der Waals surface area contributed by atoms with Gasteiger partial charge in [-0.15, -0.1) is 0 Å². The van der Waals surface area contributed by atoms with Gasteiger partial charge in [-0.2, -0.15) is 9.78 Å². The Hall–Kier alpha value is -3.33. The van der Waals surface area contributed by atoms with Gasteiger partial charge in [0, 0.05) is 7.11 Å². The summed E-state index contributed by atoms with van der Waals surface area (Å²) < 4.78 is 8.28. The van der Waals surface area contributed by atoms with Gasteiger partial charge in [-0.1, -0.05) is 41.4 Å². The molecule has 0 unspecified atom stereocenters. The molecule has 0 saturated carbocycles. The highest BCUT2D eigenvalue weighted by molar-refractivity contribution is 6.42. The van der Waals surface area contributed by atoms with Crippen molar-refractivity contribution in [3.05, 3.63) is 74.3 Å². The Morgan fingerprint density at radius 3 is 2.52 bits per heavy atom. The molecule has 0 saturated heterocycles. The van der Waals surface area contributed by atoms with Crippen molar-refractivity contribution in [3.63, 3.8) is 0 Å². The predicted molar refractivity (Wildman–Crippen MR) is 131 cm³/mol. The zero-order valence-corrected chi connectivity index (χ0v) is 19.3. The van der Waals surface area contributed by atoms with Crippen LogP contribution < -0.4 is 5.56 Å². The third-order valence-electron chi connectivity index (χ3n) is 5.32. The Morgan fingerprint density at radius 1 is 1.03 bits per heavy atom. The molecular weight excluding hydrogens is 463 g/mol. The van der Waals surface area contributed by atoms with Crippen LogP contribution in [0.5, 0.6) is 0 Å². The first kappa shape index (κ1) is 21.5. The Balaban J connectivity index is 1.82. The van der Waals surface area contributed by atoms with Crippen molar-refractivity contribution < 1.29 is 4.74 Å². The predicted octanol–water partition coefficient (Wildman–Crippen LogP) is 4.44. The van der Waals surface area contributed by atoms with Gasteiger partial charge in [0.15, 0.2) is 11.3 Å². The summed E-state index contributed by atoms with van der Waals surface area (Å²) in [6.07, 6.45) is 1.62. The minimum absolute atomic E-state index is 0.215. The molecule has 0 bridgehead atoms. The highest BCUT2D eigenvalue weighted by Gasteiger charge is 2.21. The van der Waals surface area contributed by atoms with Gasteiger partial charge in [-0.25, -0.2) is 15.0 Å². The molecule has 0 aliphatic heterocycles. The molecule has 0 amide bonds. The monoisotopic (exact) mass is 480 g/mol. The van der Waals surface area contributed by atoms with E-state index in [1.54, 1.807) is 47.7 Å². The van der Waals surface area contributed by atoms with Crippen LogP contribution in [0.2, 0.25) is 10.0 Å². The summed E-state index contributed by atoms with van der Waals surface area (Å²) in [5.74, 6) is 0.544. The molecule has 0 atom stereocenters. The van der Waals surface area contributed by atoms with Crippen LogP contribution in [0.25, 0.3) is 33.2 Å². The minimum atomic E-state index is -0.215. The number of methoxy groups -OCH3 is 1. The van der Waals surface area contributed by atoms with E-state index >= 15 is 0 Å². The van der Waals surface area contributed by atoms with Crippen molar-refractivity contribution >= 4 is 62.6 Å². The first-order chi connectivity index (χ1) is 16.0. The van der Waals surface area contributed by atoms with Crippen LogP contribution >= 0.6 is 23.2 Å². The van der Waals surface area contributed by atoms with E-state index in [4.69, 9.17) is 42.9 Å². The number of hydrogen-bond acceptors (Lipinski definition) is 6. The van der Waals surface area contributed by atoms with E-state index in [1.807, 2.05) is 24.3 Å². The number of nitrogens with zero attached hydrogens (tertiary/aromatic N) is 6. The first-order valence-corrected chi connectivity index (χ1v) is 10.9. The highest BCUT2D eigenvalue weighted by atomic mass is 35.5. The topological polar surface area (TPSA) is 87.2 Å². The number of aromatic nitrogens is 5. The summed E-state index contributed by atoms with van der Waals surface area (Å²) in [7, 11) is 1.59. The summed E-state index contributed by atoms with van der Waals surface area (Å²) in [5, 5.41) is 5.83. The van der Waals surface area contributed by atoms with Crippen LogP contribution in [0.3, 0.4) is 0 Å². The van der Waals surface area contributed by atoms with E-state index in [0.29, 0.717) is 62.3 Å². The Kier molecular flexibility index (Phi) is 5.57. The van der Waals surface area contributed by atoms with Gasteiger partial charge in [-0.3, -0.25) is 9.36 Å². The van der Waals surface area contributed by atoms with Crippen molar-refractivity contribution in [1.29, 1.82) is 0 Å². The molecule has 33 heavy (non-hydrogen) atoms. The molecule has 10 heteroatoms. The van der Waals surface area contributed by atoms with Crippen LogP contribution in [-0.2, 0) is 11.3 Å². The second kappa shape index (κ2) is 8.55. The number of aryl methyl sites for hydroxylation is 1. The van der Waals surface area contributed by atoms with Gasteiger partial charge in [0.05, 0.1) is 40.4 Å². The molecule has 0 aliphatic rings. The molecule has 0 N–H and O–H groups in total. The maximum atomic E-state index is 13.5. The lowest BCUT2D eigenvalue weighted by Gasteiger charge is -2.08. The summed E-state index contributed by atoms with van der Waals surface area (Å²) in [6, 6.07) is 12.7. The summed E-state index contributed by atoms with van der Waals surface area (Å²) in [4.78, 5) is 27.7. The van der Waals surface area contributed by atoms with Gasteiger partial charge in [-0.05, 0) is 36.8 Å². The molecule has 2 aromatic carbocycles. The Labute approximate surface area is 198 Å². The highest BCUT2D eigenvalue weighted by Crippen LogP contribution is 2.26. The lowest BCUT2D eigenvalue weighted by atomic mass is 10.2. The second-order valence-electron chi connectivity index (χ2n) is 7.42. The van der Waals surface area contributed by atoms with Gasteiger partial charge in [0.1, 0.15) is 16.7 Å². The minimum Gasteiger partial charge on any atom is -0.383 e. The SMILES string of the molecule is COCCn1c(C)nc2c(c1=O)c1nc3ccccc3nc1n2N=Cc1ccc(Cl)c(Cl)c1. The van der Waals surface area contributed by atoms with Crippen LogP contribution in [0, 0.1) is 6.92 Å². The van der Waals surface area contributed by atoms with Crippen molar-refractivity contribution in [1.82, 2.24) is 24.2 Å². The third kappa shape index (κ3) is 3.76. The summed E-state index contributed by atoms with van der Waals surface area (Å²) in [5.41, 5.74) is 3.15. The fourth-order valence-corrected chi connectivity index (χ4v) is 3.99. The Morgan fingerprint density at radius 2 is 1.79 bits per heavy atom. The standard InChI is InChI=1S/C23H18Cl2N6O2/c1-13-27-21-19(23(32)30(13)9-10-33-2)20-22(29-18-6-4-3-5-17(18)28-20)31(21)26-12-14-7-8-15(24)16(25)11-14/h3-8,11-12H,9-10H2,1-2H3. The van der Waals surface area contributed by atoms with Crippen LogP contribution in [-0.4, -0.2) is 44.1 Å². The van der Waals surface area contributed by atoms with Crippen molar-refractivity contribution in [2.45, 2.75) is 13.5 Å². The fourth-order valence-electron chi connectivity index (χ4n) is 3.69. The van der Waals surface area contributed by atoms with Crippen molar-refractivity contribution in [2.24, 2.45) is 5.10 Å². The molecule has 166 valence electrons. The van der Waals surface area contributed by atoms with Gasteiger partial charge in [0.2, 0.25) is 0 Å². The maximum absolute atomic E-state index is 13.5. The van der Waals surface area contributed by atoms with Crippen LogP contribution in [0.4, 0.5) is 0 Å². The molecule has 3 heterocycles. The zero-order valence-electron chi connectivity index (χ0n) is 17.8. The number of halogens is 2. The van der Waals surface area contributed by atoms with Crippen LogP contribution in [0.15, 0.2) is 52.4 Å². The molecule has 5 rings (SSSR count). The van der Waals surface area contributed by atoms with E-state index in [1.165, 1.54) is 0 Å². The van der Waals surface area contributed by atoms with E-state index in [-0.39, 0.29) is 5.56 Å². The molecule has 0 radical (unpaired) electrons.